The highest BCUT2D eigenvalue weighted by atomic mass is 35.5. The van der Waals surface area contributed by atoms with E-state index in [1.54, 1.807) is 6.07 Å². The summed E-state index contributed by atoms with van der Waals surface area (Å²) in [5.41, 5.74) is 1.11. The lowest BCUT2D eigenvalue weighted by molar-refractivity contribution is -0.129. The van der Waals surface area contributed by atoms with Gasteiger partial charge < -0.3 is 14.6 Å². The molecule has 1 saturated carbocycles. The van der Waals surface area contributed by atoms with E-state index >= 15 is 0 Å². The molecule has 2 aliphatic rings. The first-order valence-corrected chi connectivity index (χ1v) is 10.8. The lowest BCUT2D eigenvalue weighted by atomic mass is 9.68. The third kappa shape index (κ3) is 4.20. The summed E-state index contributed by atoms with van der Waals surface area (Å²) < 4.78 is 5.01. The fourth-order valence-corrected chi connectivity index (χ4v) is 4.90. The fourth-order valence-electron chi connectivity index (χ4n) is 4.71. The SMILES string of the molecule is O=C(c1ccoc1)N1CCC(NC(=O)C2(c3cccc(Cl)c3)CCCCC2)CC1. The van der Waals surface area contributed by atoms with E-state index in [0.717, 1.165) is 44.1 Å². The Morgan fingerprint density at radius 2 is 1.86 bits per heavy atom. The molecular formula is C23H27ClN2O3. The number of carbonyl (C=O) groups is 2. The first-order chi connectivity index (χ1) is 14.1. The van der Waals surface area contributed by atoms with Gasteiger partial charge in [0.1, 0.15) is 6.26 Å². The van der Waals surface area contributed by atoms with Crippen LogP contribution in [0, 0.1) is 0 Å². The molecule has 1 aliphatic heterocycles. The third-order valence-electron chi connectivity index (χ3n) is 6.40. The molecule has 2 aromatic rings. The van der Waals surface area contributed by atoms with Crippen molar-refractivity contribution in [3.63, 3.8) is 0 Å². The number of furan rings is 1. The van der Waals surface area contributed by atoms with Crippen LogP contribution in [0.25, 0.3) is 0 Å². The monoisotopic (exact) mass is 414 g/mol. The van der Waals surface area contributed by atoms with Crippen molar-refractivity contribution in [2.75, 3.05) is 13.1 Å². The zero-order chi connectivity index (χ0) is 20.3. The van der Waals surface area contributed by atoms with Gasteiger partial charge in [-0.1, -0.05) is 43.0 Å². The minimum absolute atomic E-state index is 0.00814. The van der Waals surface area contributed by atoms with Crippen LogP contribution in [0.2, 0.25) is 5.02 Å². The Labute approximate surface area is 176 Å². The predicted octanol–water partition coefficient (Wildman–Crippen LogP) is 4.56. The zero-order valence-electron chi connectivity index (χ0n) is 16.5. The van der Waals surface area contributed by atoms with Crippen molar-refractivity contribution in [3.05, 3.63) is 59.0 Å². The lowest BCUT2D eigenvalue weighted by Gasteiger charge is -2.39. The molecule has 2 fully saturated rings. The largest absolute Gasteiger partial charge is 0.472 e. The van der Waals surface area contributed by atoms with Crippen LogP contribution in [0.4, 0.5) is 0 Å². The molecule has 1 aromatic carbocycles. The molecule has 4 rings (SSSR count). The molecule has 0 radical (unpaired) electrons. The quantitative estimate of drug-likeness (QED) is 0.797. The number of hydrogen-bond acceptors (Lipinski definition) is 3. The molecule has 2 amide bonds. The molecule has 1 N–H and O–H groups in total. The smallest absolute Gasteiger partial charge is 0.257 e. The van der Waals surface area contributed by atoms with E-state index in [1.807, 2.05) is 29.2 Å². The van der Waals surface area contributed by atoms with Crippen LogP contribution in [0.1, 0.15) is 60.9 Å². The maximum atomic E-state index is 13.5. The predicted molar refractivity (Wildman–Crippen MR) is 112 cm³/mol. The summed E-state index contributed by atoms with van der Waals surface area (Å²) in [6.45, 7) is 1.28. The summed E-state index contributed by atoms with van der Waals surface area (Å²) in [6, 6.07) is 9.54. The highest BCUT2D eigenvalue weighted by Crippen LogP contribution is 2.40. The van der Waals surface area contributed by atoms with Crippen LogP contribution < -0.4 is 5.32 Å². The number of hydrogen-bond donors (Lipinski definition) is 1. The molecule has 1 saturated heterocycles. The number of piperidine rings is 1. The summed E-state index contributed by atoms with van der Waals surface area (Å²) in [4.78, 5) is 27.8. The number of likely N-dealkylation sites (tertiary alicyclic amines) is 1. The number of amides is 2. The molecule has 29 heavy (non-hydrogen) atoms. The van der Waals surface area contributed by atoms with Crippen LogP contribution in [-0.4, -0.2) is 35.8 Å². The van der Waals surface area contributed by atoms with Gasteiger partial charge in [0.15, 0.2) is 0 Å². The summed E-state index contributed by atoms with van der Waals surface area (Å²) in [5, 5.41) is 3.98. The van der Waals surface area contributed by atoms with Crippen molar-refractivity contribution in [3.8, 4) is 0 Å². The summed E-state index contributed by atoms with van der Waals surface area (Å²) in [7, 11) is 0. The van der Waals surface area contributed by atoms with E-state index < -0.39 is 5.41 Å². The first kappa shape index (κ1) is 20.0. The van der Waals surface area contributed by atoms with Crippen LogP contribution >= 0.6 is 11.6 Å². The Bertz CT molecular complexity index is 851. The standard InChI is InChI=1S/C23H27ClN2O3/c24-19-6-4-5-18(15-19)23(10-2-1-3-11-23)22(28)25-20-7-12-26(13-8-20)21(27)17-9-14-29-16-17/h4-6,9,14-16,20H,1-3,7-8,10-13H2,(H,25,28). The van der Waals surface area contributed by atoms with Crippen molar-refractivity contribution < 1.29 is 14.0 Å². The average Bonchev–Trinajstić information content (AvgIpc) is 3.29. The Balaban J connectivity index is 1.42. The van der Waals surface area contributed by atoms with Crippen molar-refractivity contribution in [2.24, 2.45) is 0 Å². The van der Waals surface area contributed by atoms with Gasteiger partial charge in [0, 0.05) is 24.2 Å². The van der Waals surface area contributed by atoms with Crippen LogP contribution in [0.15, 0.2) is 47.3 Å². The molecule has 0 spiro atoms. The Kier molecular flexibility index (Phi) is 5.95. The van der Waals surface area contributed by atoms with E-state index in [2.05, 4.69) is 5.32 Å². The van der Waals surface area contributed by atoms with Gasteiger partial charge >= 0.3 is 0 Å². The number of carbonyl (C=O) groups excluding carboxylic acids is 2. The van der Waals surface area contributed by atoms with Crippen LogP contribution in [-0.2, 0) is 10.2 Å². The summed E-state index contributed by atoms with van der Waals surface area (Å²) in [6.07, 6.45) is 9.52. The minimum Gasteiger partial charge on any atom is -0.472 e. The van der Waals surface area contributed by atoms with E-state index in [4.69, 9.17) is 16.0 Å². The van der Waals surface area contributed by atoms with Gasteiger partial charge in [-0.2, -0.15) is 0 Å². The second kappa shape index (κ2) is 8.62. The second-order valence-corrected chi connectivity index (χ2v) is 8.64. The fraction of sp³-hybridized carbons (Fsp3) is 0.478. The van der Waals surface area contributed by atoms with Crippen molar-refractivity contribution >= 4 is 23.4 Å². The van der Waals surface area contributed by atoms with E-state index in [9.17, 15) is 9.59 Å². The third-order valence-corrected chi connectivity index (χ3v) is 6.64. The van der Waals surface area contributed by atoms with Crippen molar-refractivity contribution in [1.29, 1.82) is 0 Å². The molecule has 154 valence electrons. The van der Waals surface area contributed by atoms with Crippen LogP contribution in [0.5, 0.6) is 0 Å². The molecule has 1 aliphatic carbocycles. The van der Waals surface area contributed by atoms with Gasteiger partial charge in [0.2, 0.25) is 5.91 Å². The molecular weight excluding hydrogens is 388 g/mol. The molecule has 0 atom stereocenters. The molecule has 5 nitrogen and oxygen atoms in total. The zero-order valence-corrected chi connectivity index (χ0v) is 17.3. The molecule has 6 heteroatoms. The van der Waals surface area contributed by atoms with Gasteiger partial charge in [-0.15, -0.1) is 0 Å². The van der Waals surface area contributed by atoms with Gasteiger partial charge in [-0.25, -0.2) is 0 Å². The number of rotatable bonds is 4. The van der Waals surface area contributed by atoms with Gasteiger partial charge in [0.05, 0.1) is 17.2 Å². The average molecular weight is 415 g/mol. The van der Waals surface area contributed by atoms with Crippen LogP contribution in [0.3, 0.4) is 0 Å². The van der Waals surface area contributed by atoms with Gasteiger partial charge in [-0.3, -0.25) is 9.59 Å². The first-order valence-electron chi connectivity index (χ1n) is 10.5. The lowest BCUT2D eigenvalue weighted by Crippen LogP contribution is -2.52. The van der Waals surface area contributed by atoms with Gasteiger partial charge in [-0.05, 0) is 49.4 Å². The molecule has 0 bridgehead atoms. The van der Waals surface area contributed by atoms with E-state index in [0.29, 0.717) is 23.7 Å². The summed E-state index contributed by atoms with van der Waals surface area (Å²) >= 11 is 6.23. The summed E-state index contributed by atoms with van der Waals surface area (Å²) in [5.74, 6) is 0.102. The topological polar surface area (TPSA) is 62.6 Å². The minimum atomic E-state index is -0.493. The molecule has 2 heterocycles. The Morgan fingerprint density at radius 1 is 1.10 bits per heavy atom. The second-order valence-electron chi connectivity index (χ2n) is 8.21. The highest BCUT2D eigenvalue weighted by molar-refractivity contribution is 6.30. The van der Waals surface area contributed by atoms with E-state index in [1.165, 1.54) is 18.9 Å². The Morgan fingerprint density at radius 3 is 2.52 bits per heavy atom. The number of benzene rings is 1. The Hall–Kier alpha value is -2.27. The van der Waals surface area contributed by atoms with Crippen molar-refractivity contribution in [2.45, 2.75) is 56.4 Å². The number of nitrogens with zero attached hydrogens (tertiary/aromatic N) is 1. The van der Waals surface area contributed by atoms with Gasteiger partial charge in [0.25, 0.3) is 5.91 Å². The van der Waals surface area contributed by atoms with Crippen molar-refractivity contribution in [1.82, 2.24) is 10.2 Å². The maximum absolute atomic E-state index is 13.5. The van der Waals surface area contributed by atoms with E-state index in [-0.39, 0.29) is 17.9 Å². The normalized spacial score (nSPS) is 19.7. The molecule has 0 unspecified atom stereocenters. The maximum Gasteiger partial charge on any atom is 0.257 e. The molecule has 1 aromatic heterocycles. The highest BCUT2D eigenvalue weighted by Gasteiger charge is 2.42. The number of halogens is 1. The number of nitrogens with one attached hydrogen (secondary N) is 1.